The van der Waals surface area contributed by atoms with Crippen LogP contribution in [0.25, 0.3) is 0 Å². The molecule has 5 nitrogen and oxygen atoms in total. The molecule has 0 fully saturated rings. The fourth-order valence-corrected chi connectivity index (χ4v) is 3.90. The second kappa shape index (κ2) is 8.53. The molecule has 0 aliphatic carbocycles. The lowest BCUT2D eigenvalue weighted by atomic mass is 9.96. The van der Waals surface area contributed by atoms with Crippen LogP contribution in [-0.4, -0.2) is 21.9 Å². The highest BCUT2D eigenvalue weighted by molar-refractivity contribution is 6.34. The predicted molar refractivity (Wildman–Crippen MR) is 114 cm³/mol. The number of rotatable bonds is 3. The van der Waals surface area contributed by atoms with Gasteiger partial charge in [-0.05, 0) is 30.7 Å². The number of aromatic nitrogens is 2. The van der Waals surface area contributed by atoms with Gasteiger partial charge in [-0.2, -0.15) is 31.4 Å². The summed E-state index contributed by atoms with van der Waals surface area (Å²) in [5.74, 6) is -1.15. The lowest BCUT2D eigenvalue weighted by Gasteiger charge is -2.34. The lowest BCUT2D eigenvalue weighted by Crippen LogP contribution is -2.36. The largest absolute Gasteiger partial charge is 0.416 e. The second-order valence-electron chi connectivity index (χ2n) is 7.90. The number of nitrogens with zero attached hydrogens (tertiary/aromatic N) is 2. The first-order chi connectivity index (χ1) is 15.8. The molecule has 2 atom stereocenters. The van der Waals surface area contributed by atoms with Crippen molar-refractivity contribution < 1.29 is 31.1 Å². The quantitative estimate of drug-likeness (QED) is 0.388. The zero-order valence-electron chi connectivity index (χ0n) is 17.4. The maximum atomic E-state index is 13.8. The van der Waals surface area contributed by atoms with E-state index in [-0.39, 0.29) is 28.5 Å². The van der Waals surface area contributed by atoms with Crippen LogP contribution in [-0.2, 0) is 6.18 Å². The summed E-state index contributed by atoms with van der Waals surface area (Å²) in [6.07, 6.45) is -8.75. The van der Waals surface area contributed by atoms with E-state index < -0.39 is 35.9 Å². The number of fused-ring (bicyclic) bond motifs is 1. The predicted octanol–water partition coefficient (Wildman–Crippen LogP) is 6.78. The van der Waals surface area contributed by atoms with Crippen molar-refractivity contribution in [1.82, 2.24) is 9.78 Å². The fourth-order valence-electron chi connectivity index (χ4n) is 3.73. The lowest BCUT2D eigenvalue weighted by molar-refractivity contribution is -0.173. The van der Waals surface area contributed by atoms with Gasteiger partial charge in [0.2, 0.25) is 0 Å². The molecule has 34 heavy (non-hydrogen) atoms. The molecule has 0 saturated heterocycles. The Morgan fingerprint density at radius 1 is 1.12 bits per heavy atom. The number of alkyl halides is 6. The van der Waals surface area contributed by atoms with Gasteiger partial charge >= 0.3 is 12.4 Å². The molecule has 1 aliphatic heterocycles. The normalized spacial score (nSPS) is 18.2. The second-order valence-corrected chi connectivity index (χ2v) is 8.31. The summed E-state index contributed by atoms with van der Waals surface area (Å²) in [6, 6.07) is 6.48. The highest BCUT2D eigenvalue weighted by Crippen LogP contribution is 2.44. The number of benzene rings is 2. The van der Waals surface area contributed by atoms with Crippen LogP contribution in [0, 0.1) is 6.92 Å². The average molecular weight is 503 g/mol. The summed E-state index contributed by atoms with van der Waals surface area (Å²) >= 11 is 5.93. The molecule has 2 heterocycles. The van der Waals surface area contributed by atoms with Crippen molar-refractivity contribution in [2.45, 2.75) is 37.8 Å². The smallest absolute Gasteiger partial charge is 0.363 e. The number of nitrogens with one attached hydrogen (secondary N) is 2. The summed E-state index contributed by atoms with van der Waals surface area (Å²) in [6.45, 7) is 1.84. The van der Waals surface area contributed by atoms with Crippen LogP contribution < -0.4 is 10.6 Å². The van der Waals surface area contributed by atoms with Crippen LogP contribution in [0.5, 0.6) is 0 Å². The van der Waals surface area contributed by atoms with E-state index in [1.165, 1.54) is 0 Å². The zero-order chi connectivity index (χ0) is 24.8. The van der Waals surface area contributed by atoms with E-state index in [4.69, 9.17) is 11.6 Å². The number of amides is 1. The number of hydrogen-bond acceptors (Lipinski definition) is 3. The monoisotopic (exact) mass is 502 g/mol. The average Bonchev–Trinajstić information content (AvgIpc) is 3.17. The molecule has 0 radical (unpaired) electrons. The molecule has 12 heteroatoms. The van der Waals surface area contributed by atoms with Crippen molar-refractivity contribution in [3.63, 3.8) is 0 Å². The van der Waals surface area contributed by atoms with E-state index in [0.717, 1.165) is 23.9 Å². The Labute approximate surface area is 194 Å². The van der Waals surface area contributed by atoms with Gasteiger partial charge in [0.05, 0.1) is 28.5 Å². The molecule has 1 aromatic heterocycles. The van der Waals surface area contributed by atoms with Gasteiger partial charge in [-0.25, -0.2) is 4.68 Å². The summed E-state index contributed by atoms with van der Waals surface area (Å²) in [5.41, 5.74) is -0.132. The molecule has 0 saturated carbocycles. The summed E-state index contributed by atoms with van der Waals surface area (Å²) in [4.78, 5) is 12.9. The summed E-state index contributed by atoms with van der Waals surface area (Å²) < 4.78 is 81.3. The number of halogens is 7. The molecule has 0 unspecified atom stereocenters. The maximum Gasteiger partial charge on any atom is 0.416 e. The minimum atomic E-state index is -4.68. The van der Waals surface area contributed by atoms with Crippen molar-refractivity contribution in [2.75, 3.05) is 10.6 Å². The first kappa shape index (κ1) is 23.9. The Balaban J connectivity index is 1.69. The van der Waals surface area contributed by atoms with Crippen LogP contribution in [0.15, 0.2) is 48.7 Å². The number of aryl methyl sites for hydroxylation is 1. The molecule has 1 amide bonds. The molecule has 2 N–H and O–H groups in total. The van der Waals surface area contributed by atoms with E-state index >= 15 is 0 Å². The van der Waals surface area contributed by atoms with Gasteiger partial charge in [0.15, 0.2) is 6.04 Å². The minimum absolute atomic E-state index is 0.166. The fraction of sp³-hybridized carbons (Fsp3) is 0.273. The minimum Gasteiger partial charge on any atom is -0.363 e. The van der Waals surface area contributed by atoms with Gasteiger partial charge in [0.1, 0.15) is 11.4 Å². The molecule has 3 aromatic rings. The standard InChI is InChI=1S/C22H17ClF6N4O/c1-11-2-4-12(5-3-11)16-9-18(22(27,28)29)33-19(31-16)14(10-30-33)20(34)32-17-8-13(21(24,25)26)6-7-15(17)23/h2-8,10,16,18,31H,9H2,1H3,(H,32,34)/t16-,18+/m1/s1. The van der Waals surface area contributed by atoms with Crippen LogP contribution in [0.2, 0.25) is 5.02 Å². The molecule has 1 aliphatic rings. The third-order valence-corrected chi connectivity index (χ3v) is 5.83. The molecule has 0 bridgehead atoms. The molecule has 0 spiro atoms. The molecule has 180 valence electrons. The van der Waals surface area contributed by atoms with E-state index in [0.29, 0.717) is 16.3 Å². The molecular formula is C22H17ClF6N4O. The van der Waals surface area contributed by atoms with E-state index in [1.54, 1.807) is 24.3 Å². The Bertz CT molecular complexity index is 1220. The number of carbonyl (C=O) groups is 1. The van der Waals surface area contributed by atoms with Gasteiger partial charge in [0, 0.05) is 6.42 Å². The number of hydrogen-bond donors (Lipinski definition) is 2. The van der Waals surface area contributed by atoms with Gasteiger partial charge in [-0.1, -0.05) is 41.4 Å². The van der Waals surface area contributed by atoms with Gasteiger partial charge < -0.3 is 10.6 Å². The van der Waals surface area contributed by atoms with Crippen LogP contribution >= 0.6 is 11.6 Å². The van der Waals surface area contributed by atoms with E-state index in [2.05, 4.69) is 15.7 Å². The molecular weight excluding hydrogens is 486 g/mol. The third kappa shape index (κ3) is 4.70. The van der Waals surface area contributed by atoms with Gasteiger partial charge in [0.25, 0.3) is 5.91 Å². The SMILES string of the molecule is Cc1ccc([C@H]2C[C@@H](C(F)(F)F)n3ncc(C(=O)Nc4cc(C(F)(F)F)ccc4Cl)c3N2)cc1. The zero-order valence-corrected chi connectivity index (χ0v) is 18.2. The van der Waals surface area contributed by atoms with Crippen molar-refractivity contribution in [3.8, 4) is 0 Å². The Hall–Kier alpha value is -3.21. The summed E-state index contributed by atoms with van der Waals surface area (Å²) in [7, 11) is 0. The van der Waals surface area contributed by atoms with Crippen LogP contribution in [0.4, 0.5) is 37.8 Å². The highest BCUT2D eigenvalue weighted by Gasteiger charge is 2.47. The Kier molecular flexibility index (Phi) is 6.01. The van der Waals surface area contributed by atoms with E-state index in [1.807, 2.05) is 6.92 Å². The first-order valence-electron chi connectivity index (χ1n) is 10.00. The van der Waals surface area contributed by atoms with Crippen molar-refractivity contribution in [2.24, 2.45) is 0 Å². The maximum absolute atomic E-state index is 13.8. The molecule has 2 aromatic carbocycles. The van der Waals surface area contributed by atoms with Crippen molar-refractivity contribution in [3.05, 3.63) is 75.9 Å². The third-order valence-electron chi connectivity index (χ3n) is 5.50. The van der Waals surface area contributed by atoms with Gasteiger partial charge in [-0.3, -0.25) is 4.79 Å². The van der Waals surface area contributed by atoms with Crippen molar-refractivity contribution in [1.29, 1.82) is 0 Å². The van der Waals surface area contributed by atoms with Crippen molar-refractivity contribution >= 4 is 29.0 Å². The van der Waals surface area contributed by atoms with Gasteiger partial charge in [-0.15, -0.1) is 0 Å². The first-order valence-corrected chi connectivity index (χ1v) is 10.4. The van der Waals surface area contributed by atoms with Crippen LogP contribution in [0.3, 0.4) is 0 Å². The van der Waals surface area contributed by atoms with Crippen LogP contribution in [0.1, 0.15) is 45.6 Å². The Morgan fingerprint density at radius 2 is 1.79 bits per heavy atom. The number of carbonyl (C=O) groups excluding carboxylic acids is 1. The molecule has 4 rings (SSSR count). The van der Waals surface area contributed by atoms with E-state index in [9.17, 15) is 31.1 Å². The summed E-state index contributed by atoms with van der Waals surface area (Å²) in [5, 5.41) is 8.76. The highest BCUT2D eigenvalue weighted by atomic mass is 35.5. The topological polar surface area (TPSA) is 59.0 Å². The Morgan fingerprint density at radius 3 is 2.41 bits per heavy atom. The number of anilines is 2.